The minimum absolute atomic E-state index is 0.547. The Kier molecular flexibility index (Phi) is 9.08. The number of pyridine rings is 1. The molecule has 1 aliphatic rings. The van der Waals surface area contributed by atoms with Gasteiger partial charge in [-0.15, -0.1) is 0 Å². The topological polar surface area (TPSA) is 25.2 Å². The SMILES string of the molecule is C(=NC1CCCCC1)c1ccccn1.[Cl][Fe]([Cl])[Cl]. The third-order valence-electron chi connectivity index (χ3n) is 2.68. The van der Waals surface area contributed by atoms with Gasteiger partial charge in [-0.05, 0) is 25.0 Å². The van der Waals surface area contributed by atoms with E-state index in [1.54, 1.807) is 0 Å². The molecule has 0 spiro atoms. The summed E-state index contributed by atoms with van der Waals surface area (Å²) in [5.41, 5.74) is 0.970. The summed E-state index contributed by atoms with van der Waals surface area (Å²) in [5.74, 6) is 0. The predicted molar refractivity (Wildman–Crippen MR) is 76.3 cm³/mol. The van der Waals surface area contributed by atoms with Crippen molar-refractivity contribution in [2.45, 2.75) is 38.1 Å². The van der Waals surface area contributed by atoms with Gasteiger partial charge < -0.3 is 0 Å². The van der Waals surface area contributed by atoms with Crippen LogP contribution in [0.1, 0.15) is 37.8 Å². The summed E-state index contributed by atoms with van der Waals surface area (Å²) >= 11 is -1.33. The molecule has 1 saturated carbocycles. The van der Waals surface area contributed by atoms with Gasteiger partial charge in [-0.2, -0.15) is 0 Å². The number of aromatic nitrogens is 1. The van der Waals surface area contributed by atoms with E-state index < -0.39 is 11.2 Å². The van der Waals surface area contributed by atoms with Crippen molar-refractivity contribution < 1.29 is 11.2 Å². The van der Waals surface area contributed by atoms with Crippen LogP contribution < -0.4 is 0 Å². The van der Waals surface area contributed by atoms with E-state index in [0.717, 1.165) is 5.69 Å². The molecule has 0 aliphatic heterocycles. The van der Waals surface area contributed by atoms with Gasteiger partial charge in [0.25, 0.3) is 0 Å². The maximum absolute atomic E-state index is 4.89. The molecule has 2 nitrogen and oxygen atoms in total. The van der Waals surface area contributed by atoms with Gasteiger partial charge >= 0.3 is 41.5 Å². The van der Waals surface area contributed by atoms with Gasteiger partial charge in [-0.1, -0.05) is 25.3 Å². The van der Waals surface area contributed by atoms with Crippen LogP contribution in [0.15, 0.2) is 29.4 Å². The number of aliphatic imine (C=N–C) groups is 1. The van der Waals surface area contributed by atoms with Gasteiger partial charge in [0.1, 0.15) is 0 Å². The number of hydrogen-bond donors (Lipinski definition) is 0. The summed E-state index contributed by atoms with van der Waals surface area (Å²) in [6.07, 6.45) is 10.3. The standard InChI is InChI=1S/C12H16N2.3ClH.Fe/c1-2-6-11(7-3-1)14-10-12-8-4-5-9-13-12;;;;/h4-5,8-11H,1-3,6-7H2;3*1H;/q;;;;+3/p-3. The van der Waals surface area contributed by atoms with E-state index >= 15 is 0 Å². The van der Waals surface area contributed by atoms with E-state index in [2.05, 4.69) is 9.98 Å². The van der Waals surface area contributed by atoms with E-state index in [9.17, 15) is 0 Å². The molecule has 0 amide bonds. The molecule has 0 saturated heterocycles. The number of rotatable bonds is 2. The summed E-state index contributed by atoms with van der Waals surface area (Å²) in [5, 5.41) is 0. The number of halogens is 3. The number of hydrogen-bond acceptors (Lipinski definition) is 2. The second-order valence-electron chi connectivity index (χ2n) is 3.98. The van der Waals surface area contributed by atoms with Crippen molar-refractivity contribution in [2.24, 2.45) is 4.99 Å². The minimum atomic E-state index is -1.33. The second-order valence-corrected chi connectivity index (χ2v) is 9.45. The van der Waals surface area contributed by atoms with Gasteiger partial charge in [0, 0.05) is 12.4 Å². The molecule has 0 unspecified atom stereocenters. The van der Waals surface area contributed by atoms with Crippen molar-refractivity contribution in [3.8, 4) is 0 Å². The average molecular weight is 350 g/mol. The molecular formula is C12H16Cl3FeN2. The van der Waals surface area contributed by atoms with E-state index in [0.29, 0.717) is 6.04 Å². The van der Waals surface area contributed by atoms with Gasteiger partial charge in [0.05, 0.1) is 11.7 Å². The zero-order chi connectivity index (χ0) is 13.2. The van der Waals surface area contributed by atoms with Crippen molar-refractivity contribution in [1.82, 2.24) is 4.98 Å². The van der Waals surface area contributed by atoms with Crippen LogP contribution in [0, 0.1) is 0 Å². The molecule has 1 fully saturated rings. The van der Waals surface area contributed by atoms with Crippen molar-refractivity contribution in [3.05, 3.63) is 30.1 Å². The fourth-order valence-corrected chi connectivity index (χ4v) is 1.86. The van der Waals surface area contributed by atoms with Gasteiger partial charge in [-0.3, -0.25) is 9.98 Å². The Hall–Kier alpha value is 0.209. The summed E-state index contributed by atoms with van der Waals surface area (Å²) in [4.78, 5) is 8.78. The van der Waals surface area contributed by atoms with Crippen LogP contribution in [0.2, 0.25) is 0 Å². The van der Waals surface area contributed by atoms with Crippen molar-refractivity contribution in [1.29, 1.82) is 0 Å². The molecule has 18 heavy (non-hydrogen) atoms. The van der Waals surface area contributed by atoms with Crippen LogP contribution in [-0.2, 0) is 11.2 Å². The van der Waals surface area contributed by atoms with E-state index in [4.69, 9.17) is 30.3 Å². The second kappa shape index (κ2) is 10.1. The molecule has 0 atom stereocenters. The Morgan fingerprint density at radius 1 is 1.17 bits per heavy atom. The van der Waals surface area contributed by atoms with Gasteiger partial charge in [-0.25, -0.2) is 0 Å². The molecule has 0 N–H and O–H groups in total. The monoisotopic (exact) mass is 349 g/mol. The third kappa shape index (κ3) is 8.34. The fourth-order valence-electron chi connectivity index (χ4n) is 1.86. The van der Waals surface area contributed by atoms with Crippen molar-refractivity contribution >= 4 is 36.5 Å². The normalized spacial score (nSPS) is 17.2. The molecule has 1 aromatic rings. The zero-order valence-corrected chi connectivity index (χ0v) is 13.3. The maximum atomic E-state index is 4.89. The molecule has 103 valence electrons. The summed E-state index contributed by atoms with van der Waals surface area (Å²) in [6, 6.07) is 6.46. The van der Waals surface area contributed by atoms with Crippen LogP contribution in [-0.4, -0.2) is 17.2 Å². The Labute approximate surface area is 125 Å². The van der Waals surface area contributed by atoms with Crippen molar-refractivity contribution in [2.75, 3.05) is 0 Å². The first-order valence-corrected chi connectivity index (χ1v) is 10.4. The van der Waals surface area contributed by atoms with Gasteiger partial charge in [0.15, 0.2) is 0 Å². The van der Waals surface area contributed by atoms with Crippen LogP contribution in [0.5, 0.6) is 0 Å². The third-order valence-corrected chi connectivity index (χ3v) is 2.68. The van der Waals surface area contributed by atoms with Crippen LogP contribution in [0.4, 0.5) is 0 Å². The summed E-state index contributed by atoms with van der Waals surface area (Å²) in [6.45, 7) is 0. The average Bonchev–Trinajstić information content (AvgIpc) is 2.38. The first-order valence-electron chi connectivity index (χ1n) is 5.79. The van der Waals surface area contributed by atoms with Crippen molar-refractivity contribution in [3.63, 3.8) is 0 Å². The van der Waals surface area contributed by atoms with E-state index in [1.165, 1.54) is 32.1 Å². The first-order chi connectivity index (χ1) is 8.68. The van der Waals surface area contributed by atoms with Crippen LogP contribution in [0.3, 0.4) is 0 Å². The summed E-state index contributed by atoms with van der Waals surface area (Å²) < 4.78 is 0. The molecule has 0 aromatic carbocycles. The molecule has 1 aromatic heterocycles. The van der Waals surface area contributed by atoms with Crippen LogP contribution in [0.25, 0.3) is 0 Å². The Balaban J connectivity index is 0.000000357. The Morgan fingerprint density at radius 2 is 1.83 bits per heavy atom. The first kappa shape index (κ1) is 16.3. The van der Waals surface area contributed by atoms with Gasteiger partial charge in [0.2, 0.25) is 0 Å². The fraction of sp³-hybridized carbons (Fsp3) is 0.500. The predicted octanol–water partition coefficient (Wildman–Crippen LogP) is 4.90. The zero-order valence-electron chi connectivity index (χ0n) is 9.88. The molecule has 1 heterocycles. The molecule has 6 heteroatoms. The van der Waals surface area contributed by atoms with E-state index in [1.807, 2.05) is 30.6 Å². The summed E-state index contributed by atoms with van der Waals surface area (Å²) in [7, 11) is 14.7. The van der Waals surface area contributed by atoms with E-state index in [-0.39, 0.29) is 0 Å². The van der Waals surface area contributed by atoms with Crippen LogP contribution >= 0.6 is 30.3 Å². The molecule has 0 radical (unpaired) electrons. The molecule has 0 bridgehead atoms. The molecular weight excluding hydrogens is 334 g/mol. The number of nitrogens with zero attached hydrogens (tertiary/aromatic N) is 2. The molecule has 2 rings (SSSR count). The Bertz CT molecular complexity index is 338. The quantitative estimate of drug-likeness (QED) is 0.550. The molecule has 1 aliphatic carbocycles. The Morgan fingerprint density at radius 3 is 2.39 bits per heavy atom.